The monoisotopic (exact) mass is 287 g/mol. The number of rotatable bonds is 8. The molecule has 0 bridgehead atoms. The van der Waals surface area contributed by atoms with Gasteiger partial charge in [0.2, 0.25) is 11.8 Å². The van der Waals surface area contributed by atoms with Gasteiger partial charge in [0, 0.05) is 31.8 Å². The van der Waals surface area contributed by atoms with E-state index in [0.29, 0.717) is 0 Å². The lowest BCUT2D eigenvalue weighted by Crippen LogP contribution is -2.41. The van der Waals surface area contributed by atoms with Crippen LogP contribution in [0.4, 0.5) is 4.79 Å². The van der Waals surface area contributed by atoms with Gasteiger partial charge in [0.05, 0.1) is 0 Å². The minimum atomic E-state index is -0.988. The fourth-order valence-electron chi connectivity index (χ4n) is 1.32. The van der Waals surface area contributed by atoms with E-state index >= 15 is 0 Å². The number of carbonyl (C=O) groups excluding carboxylic acids is 3. The average Bonchev–Trinajstić information content (AvgIpc) is 2.26. The van der Waals surface area contributed by atoms with Gasteiger partial charge in [-0.3, -0.25) is 19.7 Å². The van der Waals surface area contributed by atoms with Crippen molar-refractivity contribution in [2.45, 2.75) is 45.6 Å². The predicted molar refractivity (Wildman–Crippen MR) is 70.9 cm³/mol. The van der Waals surface area contributed by atoms with E-state index in [0.717, 1.165) is 0 Å². The third-order valence-electron chi connectivity index (χ3n) is 2.13. The highest BCUT2D eigenvalue weighted by Gasteiger charge is 2.09. The molecule has 0 aromatic rings. The zero-order chi connectivity index (χ0) is 15.5. The lowest BCUT2D eigenvalue weighted by molar-refractivity contribution is -0.137. The molecule has 0 unspecified atom stereocenters. The number of carboxylic acids is 1. The fourth-order valence-corrected chi connectivity index (χ4v) is 1.32. The van der Waals surface area contributed by atoms with E-state index in [9.17, 15) is 19.2 Å². The third-order valence-corrected chi connectivity index (χ3v) is 2.13. The van der Waals surface area contributed by atoms with E-state index in [1.54, 1.807) is 0 Å². The van der Waals surface area contributed by atoms with Crippen molar-refractivity contribution >= 4 is 23.8 Å². The minimum absolute atomic E-state index is 0.0342. The van der Waals surface area contributed by atoms with Gasteiger partial charge in [-0.2, -0.15) is 0 Å². The molecular weight excluding hydrogens is 266 g/mol. The molecule has 20 heavy (non-hydrogen) atoms. The van der Waals surface area contributed by atoms with Crippen LogP contribution in [0, 0.1) is 0 Å². The topological polar surface area (TPSA) is 125 Å². The second-order valence-corrected chi connectivity index (χ2v) is 4.52. The lowest BCUT2D eigenvalue weighted by atomic mass is 10.2. The summed E-state index contributed by atoms with van der Waals surface area (Å²) in [6.07, 6.45) is 0.141. The molecule has 0 saturated carbocycles. The largest absolute Gasteiger partial charge is 0.481 e. The molecule has 0 aliphatic heterocycles. The molecule has 0 aliphatic carbocycles. The van der Waals surface area contributed by atoms with Crippen molar-refractivity contribution in [3.05, 3.63) is 0 Å². The van der Waals surface area contributed by atoms with Gasteiger partial charge in [0.1, 0.15) is 0 Å². The van der Waals surface area contributed by atoms with Crippen molar-refractivity contribution in [3.63, 3.8) is 0 Å². The van der Waals surface area contributed by atoms with Gasteiger partial charge >= 0.3 is 12.0 Å². The number of carboxylic acid groups (broad SMARTS) is 1. The summed E-state index contributed by atoms with van der Waals surface area (Å²) in [6, 6.07) is -0.658. The number of aliphatic carboxylic acids is 1. The van der Waals surface area contributed by atoms with Crippen LogP contribution in [0.3, 0.4) is 0 Å². The van der Waals surface area contributed by atoms with Crippen LogP contribution < -0.4 is 16.0 Å². The molecule has 8 nitrogen and oxygen atoms in total. The van der Waals surface area contributed by atoms with Crippen molar-refractivity contribution in [1.29, 1.82) is 0 Å². The summed E-state index contributed by atoms with van der Waals surface area (Å²) < 4.78 is 0. The summed E-state index contributed by atoms with van der Waals surface area (Å²) in [4.78, 5) is 44.0. The Morgan fingerprint density at radius 2 is 1.65 bits per heavy atom. The molecule has 0 saturated heterocycles. The fraction of sp³-hybridized carbons (Fsp3) is 0.667. The van der Waals surface area contributed by atoms with Crippen LogP contribution in [0.1, 0.15) is 39.5 Å². The number of urea groups is 1. The van der Waals surface area contributed by atoms with Crippen LogP contribution in [0.25, 0.3) is 0 Å². The first-order valence-corrected chi connectivity index (χ1v) is 6.40. The van der Waals surface area contributed by atoms with Crippen molar-refractivity contribution in [1.82, 2.24) is 16.0 Å². The zero-order valence-electron chi connectivity index (χ0n) is 11.7. The summed E-state index contributed by atoms with van der Waals surface area (Å²) in [5.74, 6) is -1.72. The maximum Gasteiger partial charge on any atom is 0.321 e. The molecule has 0 spiro atoms. The predicted octanol–water partition coefficient (Wildman–Crippen LogP) is -0.0182. The van der Waals surface area contributed by atoms with E-state index in [1.165, 1.54) is 0 Å². The number of carbonyl (C=O) groups is 4. The van der Waals surface area contributed by atoms with Crippen molar-refractivity contribution in [3.8, 4) is 0 Å². The third kappa shape index (κ3) is 11.0. The Balaban J connectivity index is 3.70. The Kier molecular flexibility index (Phi) is 8.73. The van der Waals surface area contributed by atoms with Crippen molar-refractivity contribution in [2.75, 3.05) is 6.54 Å². The minimum Gasteiger partial charge on any atom is -0.481 e. The van der Waals surface area contributed by atoms with Gasteiger partial charge in [-0.15, -0.1) is 0 Å². The quantitative estimate of drug-likeness (QED) is 0.499. The van der Waals surface area contributed by atoms with Gasteiger partial charge < -0.3 is 15.7 Å². The van der Waals surface area contributed by atoms with E-state index < -0.39 is 17.9 Å². The van der Waals surface area contributed by atoms with Gasteiger partial charge in [0.15, 0.2) is 0 Å². The maximum absolute atomic E-state index is 11.3. The second kappa shape index (κ2) is 9.76. The molecule has 0 atom stereocenters. The molecule has 0 aliphatic rings. The SMILES string of the molecule is CC(C)NC(=O)CCNC(=O)NC(=O)CCCC(=O)O. The first kappa shape index (κ1) is 17.9. The molecule has 4 amide bonds. The molecular formula is C12H21N3O5. The van der Waals surface area contributed by atoms with Crippen molar-refractivity contribution < 1.29 is 24.3 Å². The molecule has 0 heterocycles. The normalized spacial score (nSPS) is 9.95. The lowest BCUT2D eigenvalue weighted by Gasteiger charge is -2.09. The van der Waals surface area contributed by atoms with Crippen LogP contribution in [-0.2, 0) is 14.4 Å². The molecule has 4 N–H and O–H groups in total. The molecule has 0 aromatic carbocycles. The zero-order valence-corrected chi connectivity index (χ0v) is 11.7. The van der Waals surface area contributed by atoms with E-state index in [2.05, 4.69) is 16.0 Å². The number of amides is 4. The second-order valence-electron chi connectivity index (χ2n) is 4.52. The van der Waals surface area contributed by atoms with Crippen LogP contribution in [0.5, 0.6) is 0 Å². The summed E-state index contributed by atoms with van der Waals surface area (Å²) >= 11 is 0. The molecule has 0 rings (SSSR count). The van der Waals surface area contributed by atoms with Gasteiger partial charge in [-0.05, 0) is 20.3 Å². The smallest absolute Gasteiger partial charge is 0.321 e. The number of nitrogens with one attached hydrogen (secondary N) is 3. The van der Waals surface area contributed by atoms with Crippen molar-refractivity contribution in [2.24, 2.45) is 0 Å². The maximum atomic E-state index is 11.3. The van der Waals surface area contributed by atoms with E-state index in [-0.39, 0.29) is 44.2 Å². The molecule has 0 radical (unpaired) electrons. The first-order valence-electron chi connectivity index (χ1n) is 6.40. The van der Waals surface area contributed by atoms with Crippen LogP contribution in [0.2, 0.25) is 0 Å². The number of imide groups is 1. The van der Waals surface area contributed by atoms with Crippen LogP contribution in [0.15, 0.2) is 0 Å². The number of hydrogen-bond acceptors (Lipinski definition) is 4. The Morgan fingerprint density at radius 1 is 1.00 bits per heavy atom. The van der Waals surface area contributed by atoms with Gasteiger partial charge in [-0.1, -0.05) is 0 Å². The standard InChI is InChI=1S/C12H21N3O5/c1-8(2)14-10(17)6-7-13-12(20)15-9(16)4-3-5-11(18)19/h8H,3-7H2,1-2H3,(H,14,17)(H,18,19)(H2,13,15,16,20). The van der Waals surface area contributed by atoms with E-state index in [4.69, 9.17) is 5.11 Å². The molecule has 114 valence electrons. The Morgan fingerprint density at radius 3 is 2.20 bits per heavy atom. The Labute approximate surface area is 117 Å². The van der Waals surface area contributed by atoms with Gasteiger partial charge in [0.25, 0.3) is 0 Å². The summed E-state index contributed by atoms with van der Waals surface area (Å²) in [7, 11) is 0. The van der Waals surface area contributed by atoms with Crippen LogP contribution in [-0.4, -0.2) is 41.5 Å². The summed E-state index contributed by atoms with van der Waals surface area (Å²) in [5, 5.41) is 15.5. The summed E-state index contributed by atoms with van der Waals surface area (Å²) in [6.45, 7) is 3.77. The summed E-state index contributed by atoms with van der Waals surface area (Å²) in [5.41, 5.74) is 0. The molecule has 8 heteroatoms. The highest BCUT2D eigenvalue weighted by molar-refractivity contribution is 5.94. The van der Waals surface area contributed by atoms with Gasteiger partial charge in [-0.25, -0.2) is 4.79 Å². The number of hydrogen-bond donors (Lipinski definition) is 4. The molecule has 0 fully saturated rings. The highest BCUT2D eigenvalue weighted by Crippen LogP contribution is 1.94. The van der Waals surface area contributed by atoms with E-state index in [1.807, 2.05) is 13.8 Å². The van der Waals surface area contributed by atoms with Crippen LogP contribution >= 0.6 is 0 Å². The Bertz CT molecular complexity index is 368. The highest BCUT2D eigenvalue weighted by atomic mass is 16.4. The molecule has 0 aromatic heterocycles. The average molecular weight is 287 g/mol. The Hall–Kier alpha value is -2.12. The first-order chi connectivity index (χ1) is 9.31.